The van der Waals surface area contributed by atoms with E-state index in [1.54, 1.807) is 18.0 Å². The maximum Gasteiger partial charge on any atom is 0.294 e. The van der Waals surface area contributed by atoms with E-state index < -0.39 is 0 Å². The van der Waals surface area contributed by atoms with Gasteiger partial charge in [0, 0.05) is 25.1 Å². The fourth-order valence-corrected chi connectivity index (χ4v) is 2.52. The molecule has 1 aliphatic carbocycles. The average Bonchev–Trinajstić information content (AvgIpc) is 2.93. The molecule has 0 aromatic carbocycles. The Labute approximate surface area is 111 Å². The maximum atomic E-state index is 12.3. The topological polar surface area (TPSA) is 66.7 Å². The van der Waals surface area contributed by atoms with Crippen molar-refractivity contribution in [3.05, 3.63) is 17.5 Å². The average molecular weight is 263 g/mol. The zero-order valence-corrected chi connectivity index (χ0v) is 11.0. The molecule has 2 amide bonds. The molecule has 0 spiro atoms. The van der Waals surface area contributed by atoms with Crippen LogP contribution in [0.15, 0.2) is 10.6 Å². The molecule has 1 aromatic rings. The highest BCUT2D eigenvalue weighted by atomic mass is 16.5. The number of hydrogen-bond acceptors (Lipinski definition) is 4. The van der Waals surface area contributed by atoms with Crippen LogP contribution in [0.5, 0.6) is 0 Å². The van der Waals surface area contributed by atoms with Crippen molar-refractivity contribution in [1.29, 1.82) is 0 Å². The monoisotopic (exact) mass is 263 g/mol. The summed E-state index contributed by atoms with van der Waals surface area (Å²) in [6.45, 7) is 2.94. The lowest BCUT2D eigenvalue weighted by atomic mass is 9.84. The molecule has 6 heteroatoms. The highest BCUT2D eigenvalue weighted by Crippen LogP contribution is 2.30. The van der Waals surface area contributed by atoms with E-state index in [2.05, 4.69) is 5.16 Å². The first-order valence-electron chi connectivity index (χ1n) is 6.73. The number of hydrogen-bond donors (Lipinski definition) is 0. The van der Waals surface area contributed by atoms with E-state index in [1.807, 2.05) is 0 Å². The van der Waals surface area contributed by atoms with Crippen molar-refractivity contribution in [3.8, 4) is 0 Å². The fourth-order valence-electron chi connectivity index (χ4n) is 2.52. The molecule has 1 saturated heterocycles. The SMILES string of the molecule is Cc1cc(C(=O)N2CCCN2C(=O)C2CCC2)no1. The van der Waals surface area contributed by atoms with E-state index in [0.29, 0.717) is 18.8 Å². The minimum Gasteiger partial charge on any atom is -0.361 e. The normalized spacial score (nSPS) is 19.6. The summed E-state index contributed by atoms with van der Waals surface area (Å²) in [7, 11) is 0. The summed E-state index contributed by atoms with van der Waals surface area (Å²) >= 11 is 0. The fraction of sp³-hybridized carbons (Fsp3) is 0.615. The molecular formula is C13H17N3O3. The molecule has 0 bridgehead atoms. The van der Waals surface area contributed by atoms with Crippen molar-refractivity contribution in [3.63, 3.8) is 0 Å². The standard InChI is InChI=1S/C13H17N3O3/c1-9-8-11(14-19-9)13(18)16-7-3-6-15(16)12(17)10-4-2-5-10/h8,10H,2-7H2,1H3. The molecule has 0 N–H and O–H groups in total. The zero-order valence-electron chi connectivity index (χ0n) is 11.0. The van der Waals surface area contributed by atoms with Crippen LogP contribution in [0.2, 0.25) is 0 Å². The van der Waals surface area contributed by atoms with E-state index in [4.69, 9.17) is 4.52 Å². The van der Waals surface area contributed by atoms with E-state index in [-0.39, 0.29) is 23.4 Å². The number of rotatable bonds is 2. The maximum absolute atomic E-state index is 12.3. The summed E-state index contributed by atoms with van der Waals surface area (Å²) in [6.07, 6.45) is 3.82. The summed E-state index contributed by atoms with van der Waals surface area (Å²) in [4.78, 5) is 24.6. The second-order valence-corrected chi connectivity index (χ2v) is 5.19. The van der Waals surface area contributed by atoms with Gasteiger partial charge in [0.25, 0.3) is 5.91 Å². The number of carbonyl (C=O) groups is 2. The van der Waals surface area contributed by atoms with Gasteiger partial charge in [-0.25, -0.2) is 5.01 Å². The molecule has 1 saturated carbocycles. The number of aromatic nitrogens is 1. The van der Waals surface area contributed by atoms with Crippen molar-refractivity contribution >= 4 is 11.8 Å². The molecule has 6 nitrogen and oxygen atoms in total. The summed E-state index contributed by atoms with van der Waals surface area (Å²) in [5.41, 5.74) is 0.269. The molecule has 1 aliphatic heterocycles. The van der Waals surface area contributed by atoms with Gasteiger partial charge in [-0.1, -0.05) is 11.6 Å². The van der Waals surface area contributed by atoms with Gasteiger partial charge >= 0.3 is 0 Å². The Bertz CT molecular complexity index is 507. The van der Waals surface area contributed by atoms with E-state index in [9.17, 15) is 9.59 Å². The van der Waals surface area contributed by atoms with E-state index in [1.165, 1.54) is 5.01 Å². The van der Waals surface area contributed by atoms with Crippen molar-refractivity contribution in [1.82, 2.24) is 15.2 Å². The van der Waals surface area contributed by atoms with Crippen LogP contribution in [0.4, 0.5) is 0 Å². The predicted molar refractivity (Wildman–Crippen MR) is 65.9 cm³/mol. The van der Waals surface area contributed by atoms with Gasteiger partial charge in [0.2, 0.25) is 5.91 Å². The van der Waals surface area contributed by atoms with Gasteiger partial charge in [0.05, 0.1) is 0 Å². The molecular weight excluding hydrogens is 246 g/mol. The van der Waals surface area contributed by atoms with Crippen molar-refractivity contribution in [2.45, 2.75) is 32.6 Å². The van der Waals surface area contributed by atoms with Crippen LogP contribution >= 0.6 is 0 Å². The lowest BCUT2D eigenvalue weighted by Gasteiger charge is -2.33. The highest BCUT2D eigenvalue weighted by Gasteiger charge is 2.37. The third-order valence-corrected chi connectivity index (χ3v) is 3.82. The highest BCUT2D eigenvalue weighted by molar-refractivity contribution is 5.94. The third-order valence-electron chi connectivity index (χ3n) is 3.82. The summed E-state index contributed by atoms with van der Waals surface area (Å²) in [6, 6.07) is 1.60. The molecule has 0 unspecified atom stereocenters. The van der Waals surface area contributed by atoms with Gasteiger partial charge in [-0.2, -0.15) is 0 Å². The molecule has 102 valence electrons. The first kappa shape index (κ1) is 12.2. The Kier molecular flexibility index (Phi) is 3.00. The van der Waals surface area contributed by atoms with Crippen LogP contribution in [0.1, 0.15) is 41.9 Å². The Hall–Kier alpha value is -1.85. The predicted octanol–water partition coefficient (Wildman–Crippen LogP) is 1.37. The number of amides is 2. The molecule has 2 fully saturated rings. The number of nitrogens with zero attached hydrogens (tertiary/aromatic N) is 3. The Morgan fingerprint density at radius 3 is 2.58 bits per heavy atom. The summed E-state index contributed by atoms with van der Waals surface area (Å²) in [5.74, 6) is 0.534. The molecule has 2 aliphatic rings. The Morgan fingerprint density at radius 1 is 1.26 bits per heavy atom. The molecule has 0 radical (unpaired) electrons. The third kappa shape index (κ3) is 2.11. The lowest BCUT2D eigenvalue weighted by Crippen LogP contribution is -2.48. The second kappa shape index (κ2) is 4.68. The van der Waals surface area contributed by atoms with Gasteiger partial charge in [-0.3, -0.25) is 14.6 Å². The van der Waals surface area contributed by atoms with E-state index in [0.717, 1.165) is 25.7 Å². The number of aryl methyl sites for hydroxylation is 1. The quantitative estimate of drug-likeness (QED) is 0.808. The van der Waals surface area contributed by atoms with Crippen molar-refractivity contribution < 1.29 is 14.1 Å². The van der Waals surface area contributed by atoms with Gasteiger partial charge in [0.1, 0.15) is 5.76 Å². The molecule has 0 atom stereocenters. The van der Waals surface area contributed by atoms with Gasteiger partial charge < -0.3 is 4.52 Å². The first-order valence-corrected chi connectivity index (χ1v) is 6.73. The Balaban J connectivity index is 1.75. The first-order chi connectivity index (χ1) is 9.16. The van der Waals surface area contributed by atoms with Crippen LogP contribution < -0.4 is 0 Å². The minimum atomic E-state index is -0.248. The number of hydrazine groups is 1. The van der Waals surface area contributed by atoms with Crippen LogP contribution in [0, 0.1) is 12.8 Å². The van der Waals surface area contributed by atoms with Crippen LogP contribution in [-0.4, -0.2) is 40.1 Å². The number of carbonyl (C=O) groups excluding carboxylic acids is 2. The van der Waals surface area contributed by atoms with Gasteiger partial charge in [0.15, 0.2) is 5.69 Å². The molecule has 19 heavy (non-hydrogen) atoms. The second-order valence-electron chi connectivity index (χ2n) is 5.19. The van der Waals surface area contributed by atoms with Crippen molar-refractivity contribution in [2.75, 3.05) is 13.1 Å². The molecule has 1 aromatic heterocycles. The van der Waals surface area contributed by atoms with Crippen LogP contribution in [0.25, 0.3) is 0 Å². The largest absolute Gasteiger partial charge is 0.361 e. The zero-order chi connectivity index (χ0) is 13.4. The smallest absolute Gasteiger partial charge is 0.294 e. The summed E-state index contributed by atoms with van der Waals surface area (Å²) < 4.78 is 4.92. The van der Waals surface area contributed by atoms with E-state index >= 15 is 0 Å². The van der Waals surface area contributed by atoms with Gasteiger partial charge in [-0.15, -0.1) is 0 Å². The van der Waals surface area contributed by atoms with Crippen LogP contribution in [0.3, 0.4) is 0 Å². The molecule has 3 rings (SSSR count). The molecule has 2 heterocycles. The van der Waals surface area contributed by atoms with Crippen molar-refractivity contribution in [2.24, 2.45) is 5.92 Å². The van der Waals surface area contributed by atoms with Crippen LogP contribution in [-0.2, 0) is 4.79 Å². The minimum absolute atomic E-state index is 0.0808. The Morgan fingerprint density at radius 2 is 2.00 bits per heavy atom. The lowest BCUT2D eigenvalue weighted by molar-refractivity contribution is -0.147. The summed E-state index contributed by atoms with van der Waals surface area (Å²) in [5, 5.41) is 6.83. The van der Waals surface area contributed by atoms with Gasteiger partial charge in [-0.05, 0) is 26.2 Å².